The van der Waals surface area contributed by atoms with Gasteiger partial charge < -0.3 is 30.3 Å². The van der Waals surface area contributed by atoms with Gasteiger partial charge in [0.1, 0.15) is 47.3 Å². The zero-order valence-electron chi connectivity index (χ0n) is 15.4. The highest BCUT2D eigenvalue weighted by Gasteiger charge is 2.29. The van der Waals surface area contributed by atoms with E-state index in [0.29, 0.717) is 0 Å². The molecule has 0 fully saturated rings. The second kappa shape index (κ2) is 8.55. The van der Waals surface area contributed by atoms with E-state index in [2.05, 4.69) is 6.58 Å². The van der Waals surface area contributed by atoms with E-state index in [0.717, 1.165) is 24.3 Å². The van der Waals surface area contributed by atoms with Crippen LogP contribution in [0.3, 0.4) is 0 Å². The number of fused-ring (bicyclic) bond motifs is 1. The molecule has 152 valence electrons. The Balaban J connectivity index is 2.59. The largest absolute Gasteiger partial charge is 0.508 e. The molecular weight excluding hydrogens is 371 g/mol. The second-order valence-electron chi connectivity index (χ2n) is 6.72. The average molecular weight is 394 g/mol. The number of carbonyl (C=O) groups excluding carboxylic acids is 1. The maximum atomic E-state index is 14.5. The molecule has 0 saturated heterocycles. The van der Waals surface area contributed by atoms with Gasteiger partial charge in [0.15, 0.2) is 0 Å². The topological polar surface area (TPSA) is 127 Å². The number of aliphatic hydroxyl groups excluding tert-OH is 3. The summed E-state index contributed by atoms with van der Waals surface area (Å²) in [7, 11) is 0. The molecule has 0 unspecified atom stereocenters. The molecule has 7 nitrogen and oxygen atoms in total. The van der Waals surface area contributed by atoms with E-state index >= 15 is 0 Å². The van der Waals surface area contributed by atoms with Crippen LogP contribution in [0.15, 0.2) is 42.3 Å². The number of ether oxygens (including phenoxy) is 1. The fourth-order valence-electron chi connectivity index (χ4n) is 2.66. The van der Waals surface area contributed by atoms with Gasteiger partial charge in [0.25, 0.3) is 0 Å². The third-order valence-corrected chi connectivity index (χ3v) is 4.62. The lowest BCUT2D eigenvalue weighted by Crippen LogP contribution is -2.37. The molecule has 28 heavy (non-hydrogen) atoms. The SMILES string of the molecule is C=C1/C=C(/F)[C@H](C)[C@H](C)OC(=O)c2c(O)cc(O)cc2/C=C/[C@H](O)[C@H](O)[C@@H]1O. The van der Waals surface area contributed by atoms with Gasteiger partial charge in [0, 0.05) is 12.0 Å². The lowest BCUT2D eigenvalue weighted by atomic mass is 9.96. The van der Waals surface area contributed by atoms with E-state index in [1.807, 2.05) is 0 Å². The van der Waals surface area contributed by atoms with Crippen LogP contribution in [-0.4, -0.2) is 55.9 Å². The van der Waals surface area contributed by atoms with Crippen LogP contribution >= 0.6 is 0 Å². The fraction of sp³-hybridized carbons (Fsp3) is 0.350. The lowest BCUT2D eigenvalue weighted by Gasteiger charge is -2.24. The Hall–Kier alpha value is -2.68. The van der Waals surface area contributed by atoms with Gasteiger partial charge >= 0.3 is 5.97 Å². The molecule has 0 spiro atoms. The maximum Gasteiger partial charge on any atom is 0.342 e. The van der Waals surface area contributed by atoms with Crippen LogP contribution in [-0.2, 0) is 4.74 Å². The van der Waals surface area contributed by atoms with E-state index in [1.165, 1.54) is 19.9 Å². The Bertz CT molecular complexity index is 830. The van der Waals surface area contributed by atoms with Gasteiger partial charge in [-0.3, -0.25) is 0 Å². The number of phenolic OH excluding ortho intramolecular Hbond substituents is 2. The molecule has 0 bridgehead atoms. The molecule has 0 radical (unpaired) electrons. The highest BCUT2D eigenvalue weighted by molar-refractivity contribution is 5.97. The van der Waals surface area contributed by atoms with Crippen molar-refractivity contribution in [2.75, 3.05) is 0 Å². The lowest BCUT2D eigenvalue weighted by molar-refractivity contribution is -0.0239. The quantitative estimate of drug-likeness (QED) is 0.425. The van der Waals surface area contributed by atoms with Crippen LogP contribution in [0.5, 0.6) is 11.5 Å². The van der Waals surface area contributed by atoms with Crippen LogP contribution in [0.1, 0.15) is 29.8 Å². The van der Waals surface area contributed by atoms with Crippen molar-refractivity contribution < 1.29 is 39.5 Å². The minimum atomic E-state index is -1.73. The maximum absolute atomic E-state index is 14.5. The minimum absolute atomic E-state index is 0.00464. The third kappa shape index (κ3) is 4.59. The first kappa shape index (κ1) is 21.6. The van der Waals surface area contributed by atoms with Gasteiger partial charge in [-0.05, 0) is 30.2 Å². The van der Waals surface area contributed by atoms with E-state index in [-0.39, 0.29) is 22.4 Å². The van der Waals surface area contributed by atoms with E-state index in [1.54, 1.807) is 0 Å². The molecule has 1 aliphatic rings. The summed E-state index contributed by atoms with van der Waals surface area (Å²) in [5.41, 5.74) is -0.480. The van der Waals surface area contributed by atoms with Crippen molar-refractivity contribution in [3.8, 4) is 11.5 Å². The summed E-state index contributed by atoms with van der Waals surface area (Å²) in [5.74, 6) is -3.56. The van der Waals surface area contributed by atoms with E-state index in [9.17, 15) is 34.7 Å². The van der Waals surface area contributed by atoms with Crippen LogP contribution in [0, 0.1) is 5.92 Å². The summed E-state index contributed by atoms with van der Waals surface area (Å²) in [5, 5.41) is 50.0. The van der Waals surface area contributed by atoms with Crippen LogP contribution < -0.4 is 0 Å². The first-order chi connectivity index (χ1) is 13.0. The van der Waals surface area contributed by atoms with Crippen molar-refractivity contribution in [3.63, 3.8) is 0 Å². The summed E-state index contributed by atoms with van der Waals surface area (Å²) in [6.45, 7) is 6.39. The summed E-state index contributed by atoms with van der Waals surface area (Å²) < 4.78 is 19.7. The third-order valence-electron chi connectivity index (χ3n) is 4.62. The number of hydrogen-bond donors (Lipinski definition) is 5. The number of esters is 1. The van der Waals surface area contributed by atoms with Gasteiger partial charge in [0.2, 0.25) is 0 Å². The Kier molecular flexibility index (Phi) is 6.60. The van der Waals surface area contributed by atoms with Gasteiger partial charge in [-0.2, -0.15) is 0 Å². The van der Waals surface area contributed by atoms with Crippen LogP contribution in [0.25, 0.3) is 6.08 Å². The summed E-state index contributed by atoms with van der Waals surface area (Å²) in [6.07, 6.45) is -2.82. The van der Waals surface area contributed by atoms with Gasteiger partial charge in [0.05, 0.1) is 0 Å². The molecule has 1 aromatic carbocycles. The normalized spacial score (nSPS) is 32.5. The number of halogens is 1. The second-order valence-corrected chi connectivity index (χ2v) is 6.72. The zero-order chi connectivity index (χ0) is 21.2. The minimum Gasteiger partial charge on any atom is -0.508 e. The van der Waals surface area contributed by atoms with Crippen LogP contribution in [0.4, 0.5) is 4.39 Å². The molecule has 1 heterocycles. The van der Waals surface area contributed by atoms with Crippen molar-refractivity contribution in [2.24, 2.45) is 5.92 Å². The average Bonchev–Trinajstić information content (AvgIpc) is 2.62. The first-order valence-electron chi connectivity index (χ1n) is 8.58. The monoisotopic (exact) mass is 394 g/mol. The Morgan fingerprint density at radius 2 is 1.79 bits per heavy atom. The molecule has 5 atom stereocenters. The zero-order valence-corrected chi connectivity index (χ0v) is 15.4. The van der Waals surface area contributed by atoms with Crippen molar-refractivity contribution in [3.05, 3.63) is 53.4 Å². The number of phenols is 2. The Morgan fingerprint density at radius 3 is 2.43 bits per heavy atom. The summed E-state index contributed by atoms with van der Waals surface area (Å²) in [6, 6.07) is 2.08. The molecule has 0 aliphatic carbocycles. The molecular formula is C20H23FO7. The molecule has 1 aromatic rings. The molecule has 8 heteroatoms. The molecule has 0 amide bonds. The highest BCUT2D eigenvalue weighted by atomic mass is 19.1. The smallest absolute Gasteiger partial charge is 0.342 e. The number of aliphatic hydroxyl groups is 3. The molecule has 0 aromatic heterocycles. The first-order valence-corrected chi connectivity index (χ1v) is 8.58. The van der Waals surface area contributed by atoms with E-state index in [4.69, 9.17) is 4.74 Å². The number of carbonyl (C=O) groups is 1. The standard InChI is InChI=1S/C20H23FO7/c1-9-6-14(21)10(2)11(3)28-20(27)17-12(7-13(22)8-16(17)24)4-5-15(23)19(26)18(9)25/h4-8,10-11,15,18-19,22-26H,1H2,2-3H3/b5-4+,14-6+/t10-,11+,15+,18-,19+/m1/s1. The molecule has 0 saturated carbocycles. The predicted molar refractivity (Wildman–Crippen MR) is 99.2 cm³/mol. The molecule has 2 rings (SSSR count). The fourth-order valence-corrected chi connectivity index (χ4v) is 2.66. The van der Waals surface area contributed by atoms with Gasteiger partial charge in [-0.15, -0.1) is 0 Å². The van der Waals surface area contributed by atoms with Crippen molar-refractivity contribution in [1.29, 1.82) is 0 Å². The summed E-state index contributed by atoms with van der Waals surface area (Å²) in [4.78, 5) is 12.5. The Morgan fingerprint density at radius 1 is 1.14 bits per heavy atom. The van der Waals surface area contributed by atoms with Crippen LogP contribution in [0.2, 0.25) is 0 Å². The number of rotatable bonds is 0. The van der Waals surface area contributed by atoms with Crippen molar-refractivity contribution >= 4 is 12.0 Å². The number of aromatic hydroxyl groups is 2. The van der Waals surface area contributed by atoms with E-state index < -0.39 is 47.9 Å². The number of hydrogen-bond acceptors (Lipinski definition) is 7. The Labute approximate surface area is 161 Å². The molecule has 5 N–H and O–H groups in total. The number of cyclic esters (lactones) is 1. The molecule has 1 aliphatic heterocycles. The summed E-state index contributed by atoms with van der Waals surface area (Å²) >= 11 is 0. The predicted octanol–water partition coefficient (Wildman–Crippen LogP) is 1.80. The van der Waals surface area contributed by atoms with Crippen molar-refractivity contribution in [1.82, 2.24) is 0 Å². The van der Waals surface area contributed by atoms with Crippen molar-refractivity contribution in [2.45, 2.75) is 38.3 Å². The van der Waals surface area contributed by atoms with Gasteiger partial charge in [-0.1, -0.05) is 25.7 Å². The number of benzene rings is 1. The van der Waals surface area contributed by atoms with Gasteiger partial charge in [-0.25, -0.2) is 9.18 Å². The highest BCUT2D eigenvalue weighted by Crippen LogP contribution is 2.31.